The number of nitrogen functional groups attached to an aromatic ring is 1. The zero-order chi connectivity index (χ0) is 39.4. The number of nitrogens with two attached hydrogens (primary N) is 1. The fourth-order valence-corrected chi connectivity index (χ4v) is 8.25. The molecule has 4 N–H and O–H groups in total. The van der Waals surface area contributed by atoms with Gasteiger partial charge in [0.15, 0.2) is 6.10 Å². The summed E-state index contributed by atoms with van der Waals surface area (Å²) in [5.74, 6) is -0.696. The highest BCUT2D eigenvalue weighted by Gasteiger charge is 2.38. The smallest absolute Gasteiger partial charge is 0.418 e. The SMILES string of the molecule is COc1ccc2c(c1)CCN(C1CCN(C(=O)O[C@H](Cc3cc(Cl)c(N)c(C(F)(F)F)c3)C(=O)N3CCC(N4CCN(CC(=O)O)CC4)CC3)CC1)C(=O)N2. The van der Waals surface area contributed by atoms with Crippen LogP contribution in [0.1, 0.15) is 42.4 Å². The van der Waals surface area contributed by atoms with Crippen molar-refractivity contribution in [2.75, 3.05) is 83.6 Å². The largest absolute Gasteiger partial charge is 0.497 e. The number of carbonyl (C=O) groups excluding carboxylic acids is 3. The Bertz CT molecular complexity index is 1740. The Hall–Kier alpha value is -4.48. The van der Waals surface area contributed by atoms with Crippen molar-refractivity contribution >= 4 is 47.0 Å². The second-order valence-corrected chi connectivity index (χ2v) is 14.9. The lowest BCUT2D eigenvalue weighted by Gasteiger charge is -2.43. The number of rotatable bonds is 9. The van der Waals surface area contributed by atoms with Gasteiger partial charge in [0.1, 0.15) is 5.75 Å². The third-order valence-electron chi connectivity index (χ3n) is 11.1. The van der Waals surface area contributed by atoms with Crippen LogP contribution in [0.3, 0.4) is 0 Å². The number of piperazine rings is 1. The molecule has 0 aliphatic carbocycles. The molecule has 14 nitrogen and oxygen atoms in total. The molecule has 2 aromatic carbocycles. The highest BCUT2D eigenvalue weighted by atomic mass is 35.5. The highest BCUT2D eigenvalue weighted by Crippen LogP contribution is 2.38. The molecule has 55 heavy (non-hydrogen) atoms. The number of halogens is 4. The van der Waals surface area contributed by atoms with Crippen LogP contribution in [0, 0.1) is 0 Å². The van der Waals surface area contributed by atoms with E-state index in [9.17, 15) is 32.3 Å². The molecule has 4 amide bonds. The van der Waals surface area contributed by atoms with Crippen LogP contribution in [-0.2, 0) is 33.3 Å². The Morgan fingerprint density at radius 1 is 0.945 bits per heavy atom. The summed E-state index contributed by atoms with van der Waals surface area (Å²) in [6.07, 6.45) is -4.56. The molecule has 0 bridgehead atoms. The summed E-state index contributed by atoms with van der Waals surface area (Å²) in [5, 5.41) is 11.8. The number of amides is 4. The number of carboxylic acids is 1. The van der Waals surface area contributed by atoms with Crippen molar-refractivity contribution in [2.24, 2.45) is 0 Å². The van der Waals surface area contributed by atoms with Gasteiger partial charge in [-0.2, -0.15) is 13.2 Å². The highest BCUT2D eigenvalue weighted by molar-refractivity contribution is 6.33. The van der Waals surface area contributed by atoms with Crippen molar-refractivity contribution in [3.63, 3.8) is 0 Å². The predicted molar refractivity (Wildman–Crippen MR) is 197 cm³/mol. The third kappa shape index (κ3) is 9.67. The first-order valence-corrected chi connectivity index (χ1v) is 18.9. The van der Waals surface area contributed by atoms with Crippen LogP contribution in [0.15, 0.2) is 30.3 Å². The van der Waals surface area contributed by atoms with Gasteiger partial charge in [0.05, 0.1) is 29.9 Å². The van der Waals surface area contributed by atoms with Crippen LogP contribution in [0.5, 0.6) is 5.75 Å². The van der Waals surface area contributed by atoms with Crippen molar-refractivity contribution in [1.82, 2.24) is 24.5 Å². The van der Waals surface area contributed by atoms with Crippen molar-refractivity contribution in [3.8, 4) is 5.75 Å². The molecular weight excluding hydrogens is 747 g/mol. The van der Waals surface area contributed by atoms with E-state index in [4.69, 9.17) is 31.9 Å². The lowest BCUT2D eigenvalue weighted by atomic mass is 9.99. The maximum Gasteiger partial charge on any atom is 0.418 e. The molecule has 0 spiro atoms. The van der Waals surface area contributed by atoms with Gasteiger partial charge in [0.2, 0.25) is 0 Å². The Labute approximate surface area is 322 Å². The van der Waals surface area contributed by atoms with Crippen LogP contribution < -0.4 is 15.8 Å². The second-order valence-electron chi connectivity index (χ2n) is 14.5. The van der Waals surface area contributed by atoms with Gasteiger partial charge in [-0.05, 0) is 73.6 Å². The van der Waals surface area contributed by atoms with Crippen molar-refractivity contribution in [1.29, 1.82) is 0 Å². The number of hydrogen-bond acceptors (Lipinski definition) is 9. The number of benzene rings is 2. The molecule has 18 heteroatoms. The number of anilines is 2. The molecular formula is C37H47ClF3N7O7. The first-order valence-electron chi connectivity index (χ1n) is 18.5. The monoisotopic (exact) mass is 793 g/mol. The number of piperidine rings is 2. The van der Waals surface area contributed by atoms with E-state index in [1.54, 1.807) is 23.0 Å². The van der Waals surface area contributed by atoms with E-state index in [1.165, 1.54) is 11.0 Å². The first kappa shape index (κ1) is 40.2. The molecule has 4 aliphatic heterocycles. The van der Waals surface area contributed by atoms with Gasteiger partial charge < -0.3 is 40.3 Å². The van der Waals surface area contributed by atoms with E-state index in [2.05, 4.69) is 10.2 Å². The number of methoxy groups -OCH3 is 1. The van der Waals surface area contributed by atoms with Gasteiger partial charge in [-0.25, -0.2) is 9.59 Å². The molecule has 0 radical (unpaired) electrons. The number of nitrogens with zero attached hydrogens (tertiary/aromatic N) is 5. The number of carboxylic acid groups (broad SMARTS) is 1. The van der Waals surface area contributed by atoms with E-state index in [0.717, 1.165) is 17.3 Å². The normalized spacial score (nSPS) is 20.0. The molecule has 0 saturated carbocycles. The fraction of sp³-hybridized carbons (Fsp3) is 0.568. The summed E-state index contributed by atoms with van der Waals surface area (Å²) in [5.41, 5.74) is 5.60. The third-order valence-corrected chi connectivity index (χ3v) is 11.4. The predicted octanol–water partition coefficient (Wildman–Crippen LogP) is 4.25. The Morgan fingerprint density at radius 2 is 1.60 bits per heavy atom. The molecule has 2 aromatic rings. The van der Waals surface area contributed by atoms with Gasteiger partial charge in [0, 0.05) is 83.1 Å². The molecule has 3 fully saturated rings. The summed E-state index contributed by atoms with van der Waals surface area (Å²) >= 11 is 6.11. The number of nitrogens with one attached hydrogen (secondary N) is 1. The number of ether oxygens (including phenoxy) is 2. The van der Waals surface area contributed by atoms with Gasteiger partial charge in [0.25, 0.3) is 5.91 Å². The molecule has 4 heterocycles. The number of aliphatic carboxylic acids is 1. The maximum absolute atomic E-state index is 14.1. The van der Waals surface area contributed by atoms with Crippen molar-refractivity contribution in [3.05, 3.63) is 52.0 Å². The topological polar surface area (TPSA) is 161 Å². The van der Waals surface area contributed by atoms with Crippen LogP contribution in [0.25, 0.3) is 0 Å². The van der Waals surface area contributed by atoms with E-state index in [0.29, 0.717) is 83.7 Å². The van der Waals surface area contributed by atoms with Gasteiger partial charge in [-0.3, -0.25) is 19.4 Å². The van der Waals surface area contributed by atoms with E-state index in [1.807, 2.05) is 17.0 Å². The zero-order valence-corrected chi connectivity index (χ0v) is 31.4. The lowest BCUT2D eigenvalue weighted by molar-refractivity contribution is -0.142. The Morgan fingerprint density at radius 3 is 2.24 bits per heavy atom. The summed E-state index contributed by atoms with van der Waals surface area (Å²) in [6.45, 7) is 4.30. The van der Waals surface area contributed by atoms with Crippen molar-refractivity contribution in [2.45, 2.75) is 62.9 Å². The fourth-order valence-electron chi connectivity index (χ4n) is 8.01. The lowest BCUT2D eigenvalue weighted by Crippen LogP contribution is -2.55. The van der Waals surface area contributed by atoms with E-state index >= 15 is 0 Å². The number of fused-ring (bicyclic) bond motifs is 1. The molecule has 0 unspecified atom stereocenters. The van der Waals surface area contributed by atoms with Crippen LogP contribution in [0.2, 0.25) is 5.02 Å². The molecule has 4 aliphatic rings. The van der Waals surface area contributed by atoms with Crippen LogP contribution in [-0.4, -0.2) is 144 Å². The first-order chi connectivity index (χ1) is 26.2. The minimum atomic E-state index is -4.80. The summed E-state index contributed by atoms with van der Waals surface area (Å²) in [7, 11) is 1.58. The molecule has 1 atom stereocenters. The average Bonchev–Trinajstić information content (AvgIpc) is 3.32. The number of urea groups is 1. The summed E-state index contributed by atoms with van der Waals surface area (Å²) in [4.78, 5) is 61.0. The standard InChI is InChI=1S/C37H47ClF3N7O7/c1-54-27-2-3-30-24(21-27)4-13-48(35(52)43-30)26-7-11-47(12-8-26)36(53)55-31(20-23-18-28(37(39,40)41)33(42)29(38)19-23)34(51)46-9-5-25(6-10-46)45-16-14-44(15-17-45)22-32(49)50/h2-3,18-19,21,25-26,31H,4-17,20,22,42H2,1H3,(H,43,52)(H,49,50)/t31-/m1/s1. The maximum atomic E-state index is 14.1. The average molecular weight is 794 g/mol. The second kappa shape index (κ2) is 17.1. The van der Waals surface area contributed by atoms with E-state index < -0.39 is 41.5 Å². The van der Waals surface area contributed by atoms with Gasteiger partial charge in [-0.15, -0.1) is 0 Å². The Kier molecular flexibility index (Phi) is 12.5. The van der Waals surface area contributed by atoms with Crippen LogP contribution >= 0.6 is 11.6 Å². The van der Waals surface area contributed by atoms with Crippen LogP contribution in [0.4, 0.5) is 34.1 Å². The van der Waals surface area contributed by atoms with Gasteiger partial charge in [-0.1, -0.05) is 11.6 Å². The minimum Gasteiger partial charge on any atom is -0.497 e. The Balaban J connectivity index is 1.10. The molecule has 3 saturated heterocycles. The van der Waals surface area contributed by atoms with Gasteiger partial charge >= 0.3 is 24.3 Å². The molecule has 300 valence electrons. The summed E-state index contributed by atoms with van der Waals surface area (Å²) in [6, 6.07) is 7.35. The minimum absolute atomic E-state index is 0.0102. The number of hydrogen-bond donors (Lipinski definition) is 3. The number of carbonyl (C=O) groups is 4. The van der Waals surface area contributed by atoms with E-state index in [-0.39, 0.29) is 54.8 Å². The number of alkyl halides is 3. The zero-order valence-electron chi connectivity index (χ0n) is 30.7. The van der Waals surface area contributed by atoms with Crippen molar-refractivity contribution < 1.29 is 46.9 Å². The summed E-state index contributed by atoms with van der Waals surface area (Å²) < 4.78 is 52.7. The molecule has 0 aromatic heterocycles. The molecule has 6 rings (SSSR count). The quantitative estimate of drug-likeness (QED) is 0.314. The number of likely N-dealkylation sites (tertiary alicyclic amines) is 2.